The fraction of sp³-hybridized carbons (Fsp3) is 0.556. The highest BCUT2D eigenvalue weighted by atomic mass is 32.2. The van der Waals surface area contributed by atoms with Crippen molar-refractivity contribution in [1.82, 2.24) is 9.80 Å². The number of hydrogen-bond acceptors (Lipinski definition) is 6. The molecule has 2 rings (SSSR count). The molecule has 1 aliphatic heterocycles. The zero-order valence-corrected chi connectivity index (χ0v) is 15.8. The summed E-state index contributed by atoms with van der Waals surface area (Å²) in [6.45, 7) is 9.62. The highest BCUT2D eigenvalue weighted by Gasteiger charge is 2.25. The third-order valence-corrected chi connectivity index (χ3v) is 4.76. The van der Waals surface area contributed by atoms with Crippen molar-refractivity contribution < 1.29 is 14.3 Å². The van der Waals surface area contributed by atoms with Gasteiger partial charge in [0.15, 0.2) is 0 Å². The molecule has 1 fully saturated rings. The molecule has 1 aliphatic rings. The van der Waals surface area contributed by atoms with E-state index in [0.29, 0.717) is 18.8 Å². The molecule has 0 spiro atoms. The van der Waals surface area contributed by atoms with Gasteiger partial charge in [-0.15, -0.1) is 11.8 Å². The Morgan fingerprint density at radius 2 is 1.92 bits per heavy atom. The number of aliphatic imine (C=N–C) groups is 1. The first-order valence-corrected chi connectivity index (χ1v) is 9.37. The van der Waals surface area contributed by atoms with Crippen LogP contribution in [-0.4, -0.2) is 66.1 Å². The second-order valence-corrected chi connectivity index (χ2v) is 7.97. The van der Waals surface area contributed by atoms with Crippen LogP contribution in [0.2, 0.25) is 0 Å². The molecule has 0 saturated carbocycles. The van der Waals surface area contributed by atoms with Gasteiger partial charge < -0.3 is 9.64 Å². The first-order valence-electron chi connectivity index (χ1n) is 8.39. The quantitative estimate of drug-likeness (QED) is 0.456. The van der Waals surface area contributed by atoms with Crippen molar-refractivity contribution in [1.29, 1.82) is 0 Å². The Kier molecular flexibility index (Phi) is 7.05. The molecule has 0 N–H and O–H groups in total. The molecule has 0 radical (unpaired) electrons. The van der Waals surface area contributed by atoms with Crippen LogP contribution in [0.15, 0.2) is 34.2 Å². The molecule has 136 valence electrons. The van der Waals surface area contributed by atoms with E-state index >= 15 is 0 Å². The lowest BCUT2D eigenvalue weighted by atomic mass is 10.2. The number of carbonyl (C=O) groups is 1. The fourth-order valence-electron chi connectivity index (χ4n) is 2.49. The van der Waals surface area contributed by atoms with Gasteiger partial charge in [0.2, 0.25) is 6.08 Å². The SMILES string of the molecule is CC(C)(C)OC(=O)N1CCN(CCSc2ccccc2N=C=O)CC1. The van der Waals surface area contributed by atoms with Crippen molar-refractivity contribution >= 4 is 29.6 Å². The number of ether oxygens (including phenoxy) is 1. The second kappa shape index (κ2) is 9.04. The van der Waals surface area contributed by atoms with E-state index in [1.54, 1.807) is 22.7 Å². The molecular weight excluding hydrogens is 338 g/mol. The number of thioether (sulfide) groups is 1. The van der Waals surface area contributed by atoms with Crippen molar-refractivity contribution in [2.75, 3.05) is 38.5 Å². The first kappa shape index (κ1) is 19.5. The summed E-state index contributed by atoms with van der Waals surface area (Å²) in [6, 6.07) is 7.57. The van der Waals surface area contributed by atoms with E-state index in [9.17, 15) is 9.59 Å². The molecule has 0 aromatic heterocycles. The summed E-state index contributed by atoms with van der Waals surface area (Å²) in [7, 11) is 0. The molecule has 6 nitrogen and oxygen atoms in total. The van der Waals surface area contributed by atoms with Crippen LogP contribution in [0.5, 0.6) is 0 Å². The van der Waals surface area contributed by atoms with Crippen LogP contribution in [0.1, 0.15) is 20.8 Å². The van der Waals surface area contributed by atoms with Gasteiger partial charge in [-0.1, -0.05) is 12.1 Å². The third kappa shape index (κ3) is 6.53. The predicted octanol–water partition coefficient (Wildman–Crippen LogP) is 3.30. The van der Waals surface area contributed by atoms with Gasteiger partial charge in [-0.2, -0.15) is 4.99 Å². The Morgan fingerprint density at radius 3 is 2.56 bits per heavy atom. The zero-order chi connectivity index (χ0) is 18.3. The van der Waals surface area contributed by atoms with E-state index in [0.717, 1.165) is 30.3 Å². The van der Waals surface area contributed by atoms with Gasteiger partial charge in [0.1, 0.15) is 5.60 Å². The van der Waals surface area contributed by atoms with E-state index in [4.69, 9.17) is 4.74 Å². The number of benzene rings is 1. The van der Waals surface area contributed by atoms with Crippen LogP contribution in [0.4, 0.5) is 10.5 Å². The summed E-state index contributed by atoms with van der Waals surface area (Å²) < 4.78 is 5.41. The maximum atomic E-state index is 12.1. The molecule has 1 heterocycles. The lowest BCUT2D eigenvalue weighted by molar-refractivity contribution is 0.0150. The molecule has 1 aromatic rings. The van der Waals surface area contributed by atoms with Crippen LogP contribution in [0.25, 0.3) is 0 Å². The number of para-hydroxylation sites is 1. The summed E-state index contributed by atoms with van der Waals surface area (Å²) in [6.07, 6.45) is 1.36. The smallest absolute Gasteiger partial charge is 0.410 e. The topological polar surface area (TPSA) is 62.2 Å². The maximum absolute atomic E-state index is 12.1. The number of piperazine rings is 1. The van der Waals surface area contributed by atoms with E-state index in [1.165, 1.54) is 0 Å². The van der Waals surface area contributed by atoms with E-state index in [2.05, 4.69) is 9.89 Å². The van der Waals surface area contributed by atoms with Crippen LogP contribution >= 0.6 is 11.8 Å². The van der Waals surface area contributed by atoms with Crippen LogP contribution in [0.3, 0.4) is 0 Å². The molecule has 0 aliphatic carbocycles. The summed E-state index contributed by atoms with van der Waals surface area (Å²) in [4.78, 5) is 31.3. The lowest BCUT2D eigenvalue weighted by Gasteiger charge is -2.35. The van der Waals surface area contributed by atoms with E-state index < -0.39 is 5.60 Å². The molecule has 25 heavy (non-hydrogen) atoms. The van der Waals surface area contributed by atoms with Crippen LogP contribution < -0.4 is 0 Å². The average molecular weight is 363 g/mol. The number of nitrogens with zero attached hydrogens (tertiary/aromatic N) is 3. The molecule has 0 atom stereocenters. The average Bonchev–Trinajstić information content (AvgIpc) is 2.56. The fourth-order valence-corrected chi connectivity index (χ4v) is 3.49. The molecule has 7 heteroatoms. The second-order valence-electron chi connectivity index (χ2n) is 6.83. The summed E-state index contributed by atoms with van der Waals surface area (Å²) in [5.41, 5.74) is 0.208. The Labute approximate surface area is 153 Å². The third-order valence-electron chi connectivity index (χ3n) is 3.72. The number of carbonyl (C=O) groups excluding carboxylic acids is 2. The number of rotatable bonds is 5. The number of hydrogen-bond donors (Lipinski definition) is 0. The van der Waals surface area contributed by atoms with Crippen LogP contribution in [0, 0.1) is 0 Å². The Bertz CT molecular complexity index is 631. The summed E-state index contributed by atoms with van der Waals surface area (Å²) >= 11 is 1.68. The summed E-state index contributed by atoms with van der Waals surface area (Å²) in [5.74, 6) is 0.901. The van der Waals surface area contributed by atoms with Crippen LogP contribution in [-0.2, 0) is 9.53 Å². The normalized spacial score (nSPS) is 15.6. The molecule has 1 aromatic carbocycles. The largest absolute Gasteiger partial charge is 0.444 e. The van der Waals surface area contributed by atoms with Gasteiger partial charge in [0.25, 0.3) is 0 Å². The minimum atomic E-state index is -0.456. The van der Waals surface area contributed by atoms with Gasteiger partial charge in [0.05, 0.1) is 5.69 Å². The molecule has 1 amide bonds. The molecule has 0 unspecified atom stereocenters. The van der Waals surface area contributed by atoms with Crippen molar-refractivity contribution in [3.63, 3.8) is 0 Å². The minimum absolute atomic E-state index is 0.234. The Morgan fingerprint density at radius 1 is 1.24 bits per heavy atom. The van der Waals surface area contributed by atoms with Gasteiger partial charge in [-0.25, -0.2) is 9.59 Å². The maximum Gasteiger partial charge on any atom is 0.410 e. The van der Waals surface area contributed by atoms with Crippen molar-refractivity contribution in [3.8, 4) is 0 Å². The Hall–Kier alpha value is -1.82. The van der Waals surface area contributed by atoms with Gasteiger partial charge >= 0.3 is 6.09 Å². The van der Waals surface area contributed by atoms with Crippen molar-refractivity contribution in [2.24, 2.45) is 4.99 Å². The van der Waals surface area contributed by atoms with E-state index in [-0.39, 0.29) is 6.09 Å². The molecule has 0 bridgehead atoms. The van der Waals surface area contributed by atoms with Gasteiger partial charge in [-0.05, 0) is 32.9 Å². The highest BCUT2D eigenvalue weighted by molar-refractivity contribution is 7.99. The zero-order valence-electron chi connectivity index (χ0n) is 15.0. The molecular formula is C18H25N3O3S. The predicted molar refractivity (Wildman–Crippen MR) is 99.2 cm³/mol. The number of amides is 1. The summed E-state index contributed by atoms with van der Waals surface area (Å²) in [5, 5.41) is 0. The van der Waals surface area contributed by atoms with Gasteiger partial charge in [0, 0.05) is 43.4 Å². The first-order chi connectivity index (χ1) is 11.9. The minimum Gasteiger partial charge on any atom is -0.444 e. The molecule has 1 saturated heterocycles. The number of isocyanates is 1. The monoisotopic (exact) mass is 363 g/mol. The standard InChI is InChI=1S/C18H25N3O3S/c1-18(2,3)24-17(23)21-10-8-20(9-11-21)12-13-25-16-7-5-4-6-15(16)19-14-22/h4-7H,8-13H2,1-3H3. The van der Waals surface area contributed by atoms with E-state index in [1.807, 2.05) is 45.0 Å². The van der Waals surface area contributed by atoms with Gasteiger partial charge in [-0.3, -0.25) is 4.90 Å². The Balaban J connectivity index is 1.74. The van der Waals surface area contributed by atoms with Crippen molar-refractivity contribution in [2.45, 2.75) is 31.3 Å². The lowest BCUT2D eigenvalue weighted by Crippen LogP contribution is -2.50. The van der Waals surface area contributed by atoms with Crippen molar-refractivity contribution in [3.05, 3.63) is 24.3 Å². The highest BCUT2D eigenvalue weighted by Crippen LogP contribution is 2.28.